The van der Waals surface area contributed by atoms with Gasteiger partial charge in [-0.1, -0.05) is 11.6 Å². The highest BCUT2D eigenvalue weighted by Gasteiger charge is 2.16. The maximum Gasteiger partial charge on any atom is 0.191 e. The molecule has 0 aromatic heterocycles. The predicted molar refractivity (Wildman–Crippen MR) is 52.6 cm³/mol. The molecule has 0 bridgehead atoms. The van der Waals surface area contributed by atoms with E-state index in [9.17, 15) is 4.39 Å². The monoisotopic (exact) mass is 232 g/mol. The molecule has 1 fully saturated rings. The van der Waals surface area contributed by atoms with E-state index < -0.39 is 5.82 Å². The molecule has 15 heavy (non-hydrogen) atoms. The fourth-order valence-corrected chi connectivity index (χ4v) is 1.40. The highest BCUT2D eigenvalue weighted by Crippen LogP contribution is 2.21. The lowest BCUT2D eigenvalue weighted by atomic mass is 10.3. The Morgan fingerprint density at radius 1 is 1.40 bits per heavy atom. The molecule has 1 saturated heterocycles. The average Bonchev–Trinajstić information content (AvgIpc) is 2.73. The van der Waals surface area contributed by atoms with Crippen molar-refractivity contribution >= 4 is 11.6 Å². The lowest BCUT2D eigenvalue weighted by molar-refractivity contribution is -0.0684. The molecular weight excluding hydrogens is 223 g/mol. The summed E-state index contributed by atoms with van der Waals surface area (Å²) in [5, 5.41) is 0.0424. The van der Waals surface area contributed by atoms with E-state index in [1.807, 2.05) is 0 Å². The van der Waals surface area contributed by atoms with Crippen LogP contribution in [-0.4, -0.2) is 26.1 Å². The quantitative estimate of drug-likeness (QED) is 0.800. The lowest BCUT2D eigenvalue weighted by Crippen LogP contribution is -2.18. The van der Waals surface area contributed by atoms with Crippen molar-refractivity contribution in [3.63, 3.8) is 0 Å². The van der Waals surface area contributed by atoms with Crippen molar-refractivity contribution in [3.05, 3.63) is 29.0 Å². The Morgan fingerprint density at radius 2 is 2.13 bits per heavy atom. The molecule has 0 aliphatic carbocycles. The molecule has 1 aromatic carbocycles. The molecule has 2 rings (SSSR count). The summed E-state index contributed by atoms with van der Waals surface area (Å²) in [6.07, 6.45) is -0.339. The Bertz CT molecular complexity index is 339. The van der Waals surface area contributed by atoms with Gasteiger partial charge in [0.15, 0.2) is 6.29 Å². The number of rotatable bonds is 3. The number of ether oxygens (including phenoxy) is 3. The smallest absolute Gasteiger partial charge is 0.191 e. The molecule has 1 aliphatic rings. The molecule has 3 nitrogen and oxygen atoms in total. The SMILES string of the molecule is Fc1ccc(OCC2OCCO2)cc1Cl. The number of benzene rings is 1. The molecule has 1 aromatic rings. The van der Waals surface area contributed by atoms with Gasteiger partial charge in [-0.3, -0.25) is 0 Å². The first-order chi connectivity index (χ1) is 7.25. The minimum absolute atomic E-state index is 0.0424. The Labute approximate surface area is 91.7 Å². The van der Waals surface area contributed by atoms with Crippen molar-refractivity contribution in [2.75, 3.05) is 19.8 Å². The van der Waals surface area contributed by atoms with Crippen LogP contribution in [0.2, 0.25) is 5.02 Å². The van der Waals surface area contributed by atoms with Crippen LogP contribution in [0.25, 0.3) is 0 Å². The highest BCUT2D eigenvalue weighted by atomic mass is 35.5. The zero-order chi connectivity index (χ0) is 10.7. The molecule has 1 aliphatic heterocycles. The van der Waals surface area contributed by atoms with Crippen molar-refractivity contribution in [1.82, 2.24) is 0 Å². The first-order valence-electron chi connectivity index (χ1n) is 4.57. The Balaban J connectivity index is 1.90. The third-order valence-electron chi connectivity index (χ3n) is 1.97. The van der Waals surface area contributed by atoms with Gasteiger partial charge in [-0.25, -0.2) is 4.39 Å². The van der Waals surface area contributed by atoms with E-state index in [0.717, 1.165) is 0 Å². The van der Waals surface area contributed by atoms with Gasteiger partial charge in [0.25, 0.3) is 0 Å². The number of hydrogen-bond acceptors (Lipinski definition) is 3. The maximum absolute atomic E-state index is 12.8. The molecule has 1 heterocycles. The minimum Gasteiger partial charge on any atom is -0.488 e. The van der Waals surface area contributed by atoms with Crippen LogP contribution in [0.4, 0.5) is 4.39 Å². The standard InChI is InChI=1S/C10H10ClFO3/c11-8-5-7(1-2-9(8)12)15-6-10-13-3-4-14-10/h1-2,5,10H,3-4,6H2. The molecule has 0 saturated carbocycles. The number of hydrogen-bond donors (Lipinski definition) is 0. The molecule has 0 radical (unpaired) electrons. The van der Waals surface area contributed by atoms with Crippen molar-refractivity contribution in [1.29, 1.82) is 0 Å². The van der Waals surface area contributed by atoms with Crippen LogP contribution in [0, 0.1) is 5.82 Å². The lowest BCUT2D eigenvalue weighted by Gasteiger charge is -2.11. The average molecular weight is 233 g/mol. The van der Waals surface area contributed by atoms with Crippen molar-refractivity contribution in [3.8, 4) is 5.75 Å². The van der Waals surface area contributed by atoms with Gasteiger partial charge >= 0.3 is 0 Å². The summed E-state index contributed by atoms with van der Waals surface area (Å²) < 4.78 is 28.5. The summed E-state index contributed by atoms with van der Waals surface area (Å²) in [6, 6.07) is 4.19. The second kappa shape index (κ2) is 4.79. The van der Waals surface area contributed by atoms with Gasteiger partial charge in [0.2, 0.25) is 0 Å². The zero-order valence-corrected chi connectivity index (χ0v) is 8.67. The summed E-state index contributed by atoms with van der Waals surface area (Å²) in [5.74, 6) is 0.0397. The zero-order valence-electron chi connectivity index (χ0n) is 7.91. The van der Waals surface area contributed by atoms with Gasteiger partial charge < -0.3 is 14.2 Å². The maximum atomic E-state index is 12.8. The van der Waals surface area contributed by atoms with E-state index >= 15 is 0 Å². The van der Waals surface area contributed by atoms with Gasteiger partial charge in [0, 0.05) is 6.07 Å². The van der Waals surface area contributed by atoms with Gasteiger partial charge in [0.05, 0.1) is 18.2 Å². The first-order valence-corrected chi connectivity index (χ1v) is 4.94. The molecule has 0 N–H and O–H groups in total. The Hall–Kier alpha value is -0.840. The predicted octanol–water partition coefficient (Wildman–Crippen LogP) is 2.23. The summed E-state index contributed by atoms with van der Waals surface area (Å²) >= 11 is 5.59. The van der Waals surface area contributed by atoms with Gasteiger partial charge in [-0.05, 0) is 12.1 Å². The minimum atomic E-state index is -0.461. The van der Waals surface area contributed by atoms with Crippen molar-refractivity contribution in [2.24, 2.45) is 0 Å². The van der Waals surface area contributed by atoms with Crippen molar-refractivity contribution in [2.45, 2.75) is 6.29 Å². The molecule has 0 atom stereocenters. The molecular formula is C10H10ClFO3. The summed E-state index contributed by atoms with van der Waals surface area (Å²) in [7, 11) is 0. The van der Waals surface area contributed by atoms with E-state index in [1.165, 1.54) is 18.2 Å². The largest absolute Gasteiger partial charge is 0.488 e. The normalized spacial score (nSPS) is 16.9. The summed E-state index contributed by atoms with van der Waals surface area (Å²) in [6.45, 7) is 1.44. The summed E-state index contributed by atoms with van der Waals surface area (Å²) in [4.78, 5) is 0. The van der Waals surface area contributed by atoms with Crippen LogP contribution in [0.5, 0.6) is 5.75 Å². The second-order valence-electron chi connectivity index (χ2n) is 3.06. The third-order valence-corrected chi connectivity index (χ3v) is 2.26. The fraction of sp³-hybridized carbons (Fsp3) is 0.400. The molecule has 0 unspecified atom stereocenters. The van der Waals surface area contributed by atoms with Gasteiger partial charge in [-0.2, -0.15) is 0 Å². The molecule has 0 spiro atoms. The highest BCUT2D eigenvalue weighted by molar-refractivity contribution is 6.30. The van der Waals surface area contributed by atoms with E-state index in [4.69, 9.17) is 25.8 Å². The van der Waals surface area contributed by atoms with E-state index in [2.05, 4.69) is 0 Å². The van der Waals surface area contributed by atoms with Gasteiger partial charge in [-0.15, -0.1) is 0 Å². The fourth-order valence-electron chi connectivity index (χ4n) is 1.23. The van der Waals surface area contributed by atoms with E-state index in [0.29, 0.717) is 19.0 Å². The molecule has 82 valence electrons. The van der Waals surface area contributed by atoms with Crippen LogP contribution >= 0.6 is 11.6 Å². The van der Waals surface area contributed by atoms with Gasteiger partial charge in [0.1, 0.15) is 18.2 Å². The van der Waals surface area contributed by atoms with Crippen LogP contribution in [-0.2, 0) is 9.47 Å². The first kappa shape index (κ1) is 10.7. The van der Waals surface area contributed by atoms with E-state index in [-0.39, 0.29) is 17.9 Å². The van der Waals surface area contributed by atoms with Crippen LogP contribution in [0.15, 0.2) is 18.2 Å². The Morgan fingerprint density at radius 3 is 2.80 bits per heavy atom. The topological polar surface area (TPSA) is 27.7 Å². The van der Waals surface area contributed by atoms with Crippen LogP contribution in [0.1, 0.15) is 0 Å². The molecule has 5 heteroatoms. The second-order valence-corrected chi connectivity index (χ2v) is 3.47. The van der Waals surface area contributed by atoms with Crippen LogP contribution < -0.4 is 4.74 Å². The summed E-state index contributed by atoms with van der Waals surface area (Å²) in [5.41, 5.74) is 0. The van der Waals surface area contributed by atoms with Crippen LogP contribution in [0.3, 0.4) is 0 Å². The molecule has 0 amide bonds. The van der Waals surface area contributed by atoms with Crippen molar-refractivity contribution < 1.29 is 18.6 Å². The number of halogens is 2. The third kappa shape index (κ3) is 2.81. The Kier molecular flexibility index (Phi) is 3.41. The van der Waals surface area contributed by atoms with E-state index in [1.54, 1.807) is 0 Å².